The number of pyridine rings is 4. The molecule has 0 fully saturated rings. The number of amidine groups is 4. The summed E-state index contributed by atoms with van der Waals surface area (Å²) in [6.07, 6.45) is 15.2. The van der Waals surface area contributed by atoms with Crippen LogP contribution < -0.4 is 48.2 Å². The van der Waals surface area contributed by atoms with E-state index in [0.29, 0.717) is 89.8 Å². The van der Waals surface area contributed by atoms with E-state index >= 15 is 0 Å². The van der Waals surface area contributed by atoms with Gasteiger partial charge in [-0.25, -0.2) is 48.2 Å². The molecule has 4 aromatic carbocycles. The summed E-state index contributed by atoms with van der Waals surface area (Å²) in [5.74, 6) is 5.85. The highest BCUT2D eigenvalue weighted by Gasteiger charge is 2.47. The first-order valence-corrected chi connectivity index (χ1v) is 25.7. The fraction of sp³-hybridized carbons (Fsp3) is 0.0714. The topological polar surface area (TPSA) is 177 Å². The first kappa shape index (κ1) is 43.9. The second-order valence-electron chi connectivity index (χ2n) is 18.6. The minimum absolute atomic E-state index is 0.145. The van der Waals surface area contributed by atoms with Crippen LogP contribution in [0.3, 0.4) is 0 Å². The molecule has 6 bridgehead atoms. The van der Waals surface area contributed by atoms with Crippen molar-refractivity contribution in [3.8, 4) is 46.0 Å². The molecule has 0 atom stereocenters. The predicted molar refractivity (Wildman–Crippen MR) is 276 cm³/mol. The maximum absolute atomic E-state index is 13.7. The molecule has 0 saturated heterocycles. The smallest absolute Gasteiger partial charge is 0.451 e. The summed E-state index contributed by atoms with van der Waals surface area (Å²) in [7, 11) is 2.41. The number of aliphatic imine (C=N–C) groups is 4. The SMILES string of the molecule is C[n+]1cccc(Oc2ccc3c(c2)C2=Nc4c5cc(Oc6ccc[n+](C)c6)ccc5c5n4[Si](O)(O)n4c(c6ccc(Oc7ccc[n+](C)c7)cc6c4=NC4=NC(=N5)c5cc(Oc6ccc[n+](C)c6)ccc54)=NC3=N2)c1. The van der Waals surface area contributed by atoms with Gasteiger partial charge in [-0.2, -0.15) is 0 Å². The highest BCUT2D eigenvalue weighted by atomic mass is 28.4. The predicted octanol–water partition coefficient (Wildman–Crippen LogP) is 5.82. The molecular weight excluding hydrogens is 965 g/mol. The molecule has 0 radical (unpaired) electrons. The third-order valence-electron chi connectivity index (χ3n) is 13.2. The van der Waals surface area contributed by atoms with Crippen molar-refractivity contribution in [3.05, 3.63) is 204 Å². The van der Waals surface area contributed by atoms with Gasteiger partial charge >= 0.3 is 8.88 Å². The Balaban J connectivity index is 1.08. The van der Waals surface area contributed by atoms with E-state index in [4.69, 9.17) is 48.9 Å². The normalized spacial score (nSPS) is 14.4. The molecule has 10 heterocycles. The number of fused-ring (bicyclic) bond motifs is 14. The van der Waals surface area contributed by atoms with Crippen molar-refractivity contribution in [3.63, 3.8) is 0 Å². The molecule has 4 aliphatic heterocycles. The Labute approximate surface area is 427 Å². The highest BCUT2D eigenvalue weighted by molar-refractivity contribution is 6.63. The second-order valence-corrected chi connectivity index (χ2v) is 20.7. The van der Waals surface area contributed by atoms with Crippen molar-refractivity contribution in [2.75, 3.05) is 0 Å². The van der Waals surface area contributed by atoms with Crippen molar-refractivity contribution in [2.24, 2.45) is 58.1 Å². The van der Waals surface area contributed by atoms with Crippen LogP contribution in [0.4, 0.5) is 11.6 Å². The Hall–Kier alpha value is -9.82. The standard InChI is InChI=1S/C56H42N12O6Si/c1-63-21-5-9-37(29-63)71-33-14-18-42-45(25-33)51-58-50(42)60-55-47-27-35(73-39-11-7-23-65(3)31-39)15-19-43(47)53-59-49-41-17-13-34(72-38-10-6-22-64(2)30-38)26-46(41)52(57-49)62-56-48-28-36(74-40-12-8-24-66(4)32-40)16-20-44(48)54(61-51)68(56)75(69,70)67(53)55/h5-32,69-70H,1-4H3/q+4. The number of hydrogen-bond acceptors (Lipinski definition) is 12. The fourth-order valence-electron chi connectivity index (χ4n) is 9.87. The number of aromatic nitrogens is 6. The third-order valence-corrected chi connectivity index (χ3v) is 15.2. The van der Waals surface area contributed by atoms with Crippen LogP contribution in [0.1, 0.15) is 22.3 Å². The van der Waals surface area contributed by atoms with Gasteiger partial charge < -0.3 is 28.5 Å². The van der Waals surface area contributed by atoms with E-state index in [1.165, 1.54) is 8.47 Å². The Morgan fingerprint density at radius 2 is 0.733 bits per heavy atom. The quantitative estimate of drug-likeness (QED) is 0.143. The largest absolute Gasteiger partial charge is 0.597 e. The van der Waals surface area contributed by atoms with Gasteiger partial charge in [0, 0.05) is 68.1 Å². The van der Waals surface area contributed by atoms with Gasteiger partial charge in [0.05, 0.1) is 0 Å². The molecule has 18 nitrogen and oxygen atoms in total. The van der Waals surface area contributed by atoms with Gasteiger partial charge in [-0.1, -0.05) is 0 Å². The minimum Gasteiger partial charge on any atom is -0.451 e. The van der Waals surface area contributed by atoms with Crippen LogP contribution in [0.25, 0.3) is 21.5 Å². The molecule has 2 N–H and O–H groups in total. The Morgan fingerprint density at radius 3 is 1.19 bits per heavy atom. The van der Waals surface area contributed by atoms with E-state index in [9.17, 15) is 9.59 Å². The van der Waals surface area contributed by atoms with Crippen molar-refractivity contribution in [2.45, 2.75) is 0 Å². The molecular formula is C56H42N12O6Si+4. The van der Waals surface area contributed by atoms with Gasteiger partial charge in [0.25, 0.3) is 0 Å². The fourth-order valence-corrected chi connectivity index (χ4v) is 11.9. The molecule has 4 aliphatic rings. The summed E-state index contributed by atoms with van der Waals surface area (Å²) in [6, 6.07) is 37.3. The van der Waals surface area contributed by atoms with Gasteiger partial charge in [-0.3, -0.25) is 8.47 Å². The first-order chi connectivity index (χ1) is 36.4. The van der Waals surface area contributed by atoms with Crippen molar-refractivity contribution >= 4 is 65.4 Å². The maximum atomic E-state index is 13.7. The van der Waals surface area contributed by atoms with Gasteiger partial charge in [0.2, 0.25) is 24.8 Å². The van der Waals surface area contributed by atoms with Gasteiger partial charge in [-0.15, -0.1) is 0 Å². The number of aryl methyl sites for hydroxylation is 4. The van der Waals surface area contributed by atoms with Crippen molar-refractivity contribution in [1.82, 2.24) is 8.47 Å². The van der Waals surface area contributed by atoms with Crippen LogP contribution in [0.2, 0.25) is 0 Å². The molecule has 0 unspecified atom stereocenters. The Bertz CT molecular complexity index is 4430. The Kier molecular flexibility index (Phi) is 9.73. The average molecular weight is 1010 g/mol. The van der Waals surface area contributed by atoms with E-state index in [1.807, 2.05) is 217 Å². The zero-order valence-corrected chi connectivity index (χ0v) is 41.6. The van der Waals surface area contributed by atoms with Crippen LogP contribution in [0.15, 0.2) is 201 Å². The van der Waals surface area contributed by atoms with Crippen LogP contribution in [-0.2, 0) is 28.2 Å². The van der Waals surface area contributed by atoms with Crippen LogP contribution in [0.5, 0.6) is 46.0 Å². The van der Waals surface area contributed by atoms with Gasteiger partial charge in [0.15, 0.2) is 71.1 Å². The van der Waals surface area contributed by atoms with Crippen LogP contribution in [-0.4, -0.2) is 50.3 Å². The number of ether oxygens (including phenoxy) is 4. The number of nitrogens with zero attached hydrogens (tertiary/aromatic N) is 12. The summed E-state index contributed by atoms with van der Waals surface area (Å²) in [6.45, 7) is 0. The van der Waals surface area contributed by atoms with E-state index in [-0.39, 0.29) is 46.0 Å². The molecule has 19 heteroatoms. The van der Waals surface area contributed by atoms with Crippen LogP contribution in [0, 0.1) is 0 Å². The zero-order valence-electron chi connectivity index (χ0n) is 40.6. The number of rotatable bonds is 8. The van der Waals surface area contributed by atoms with Gasteiger partial charge in [0.1, 0.15) is 73.8 Å². The summed E-state index contributed by atoms with van der Waals surface area (Å²) in [5, 5.41) is 2.06. The third kappa shape index (κ3) is 7.48. The molecule has 6 aromatic heterocycles. The highest BCUT2D eigenvalue weighted by Crippen LogP contribution is 2.45. The van der Waals surface area contributed by atoms with Gasteiger partial charge in [-0.05, 0) is 97.1 Å². The molecule has 0 saturated carbocycles. The molecule has 0 spiro atoms. The molecule has 14 rings (SSSR count). The van der Waals surface area contributed by atoms with E-state index in [2.05, 4.69) is 0 Å². The maximum Gasteiger partial charge on any atom is 0.597 e. The lowest BCUT2D eigenvalue weighted by Crippen LogP contribution is -2.60. The average Bonchev–Trinajstić information content (AvgIpc) is 4.13. The molecule has 0 aliphatic carbocycles. The van der Waals surface area contributed by atoms with E-state index < -0.39 is 8.88 Å². The minimum atomic E-state index is -5.27. The lowest BCUT2D eigenvalue weighted by Gasteiger charge is -2.23. The monoisotopic (exact) mass is 1010 g/mol. The Morgan fingerprint density at radius 1 is 0.360 bits per heavy atom. The summed E-state index contributed by atoms with van der Waals surface area (Å²) in [4.78, 5) is 58.9. The van der Waals surface area contributed by atoms with Crippen LogP contribution >= 0.6 is 0 Å². The first-order valence-electron chi connectivity index (χ1n) is 23.9. The van der Waals surface area contributed by atoms with Crippen molar-refractivity contribution < 1.29 is 46.8 Å². The lowest BCUT2D eigenvalue weighted by atomic mass is 10.1. The van der Waals surface area contributed by atoms with E-state index in [0.717, 1.165) is 0 Å². The summed E-state index contributed by atoms with van der Waals surface area (Å²) >= 11 is 0. The van der Waals surface area contributed by atoms with Crippen molar-refractivity contribution in [1.29, 1.82) is 0 Å². The zero-order chi connectivity index (χ0) is 50.7. The lowest BCUT2D eigenvalue weighted by molar-refractivity contribution is -0.671. The number of benzene rings is 4. The second kappa shape index (κ2) is 16.6. The molecule has 362 valence electrons. The number of hydrogen-bond donors (Lipinski definition) is 2. The van der Waals surface area contributed by atoms with E-state index in [1.54, 1.807) is 0 Å². The summed E-state index contributed by atoms with van der Waals surface area (Å²) < 4.78 is 36.2. The molecule has 0 amide bonds. The summed E-state index contributed by atoms with van der Waals surface area (Å²) in [5.41, 5.74) is 2.85. The molecule has 75 heavy (non-hydrogen) atoms. The molecule has 10 aromatic rings.